The van der Waals surface area contributed by atoms with Crippen LogP contribution in [0, 0.1) is 0 Å². The highest BCUT2D eigenvalue weighted by Crippen LogP contribution is 2.33. The van der Waals surface area contributed by atoms with Crippen molar-refractivity contribution in [2.75, 3.05) is 37.7 Å². The van der Waals surface area contributed by atoms with E-state index in [-0.39, 0.29) is 19.2 Å². The molecule has 10 heteroatoms. The van der Waals surface area contributed by atoms with Gasteiger partial charge in [0.2, 0.25) is 6.29 Å². The minimum atomic E-state index is -4.47. The second kappa shape index (κ2) is 12.2. The fourth-order valence-corrected chi connectivity index (χ4v) is 4.18. The molecule has 0 aliphatic carbocycles. The molecule has 0 saturated carbocycles. The Morgan fingerprint density at radius 1 is 1.26 bits per heavy atom. The van der Waals surface area contributed by atoms with E-state index in [9.17, 15) is 18.0 Å². The number of rotatable bonds is 13. The summed E-state index contributed by atoms with van der Waals surface area (Å²) in [5.41, 5.74) is 8.86. The van der Waals surface area contributed by atoms with Crippen LogP contribution in [0.2, 0.25) is 0 Å². The summed E-state index contributed by atoms with van der Waals surface area (Å²) in [7, 11) is 0. The Morgan fingerprint density at radius 2 is 2.00 bits per heavy atom. The zero-order valence-corrected chi connectivity index (χ0v) is 19.7. The van der Waals surface area contributed by atoms with Crippen LogP contribution in [-0.2, 0) is 17.6 Å². The standard InChI is InChI=1S/C25H32F3N3O4/c1-17(30-15-22(34-16-25(26,27)28)35-20-6-3-2-4-7-20)12-18-13-19-8-10-31(9-5-11-32)23(19)21(14-18)24(29)33/h2-4,6-7,13-14,17,22,30,32H,5,8-12,15-16H2,1H3,(H2,29,33)/t17-,22?/m1/s1. The molecule has 1 amide bonds. The molecule has 4 N–H and O–H groups in total. The van der Waals surface area contributed by atoms with E-state index in [1.54, 1.807) is 36.4 Å². The van der Waals surface area contributed by atoms with Gasteiger partial charge >= 0.3 is 6.18 Å². The quantitative estimate of drug-likeness (QED) is 0.370. The van der Waals surface area contributed by atoms with Gasteiger partial charge in [-0.05, 0) is 55.5 Å². The predicted octanol–water partition coefficient (Wildman–Crippen LogP) is 3.04. The molecule has 1 unspecified atom stereocenters. The Kier molecular flexibility index (Phi) is 9.36. The van der Waals surface area contributed by atoms with E-state index in [1.807, 2.05) is 13.0 Å². The number of carbonyl (C=O) groups excluding carboxylic acids is 1. The molecule has 0 saturated heterocycles. The lowest BCUT2D eigenvalue weighted by Gasteiger charge is -2.24. The van der Waals surface area contributed by atoms with Gasteiger partial charge in [0.05, 0.1) is 17.8 Å². The fourth-order valence-electron chi connectivity index (χ4n) is 4.18. The minimum Gasteiger partial charge on any atom is -0.464 e. The monoisotopic (exact) mass is 495 g/mol. The first-order chi connectivity index (χ1) is 16.7. The van der Waals surface area contributed by atoms with Crippen molar-refractivity contribution in [3.8, 4) is 5.75 Å². The summed E-state index contributed by atoms with van der Waals surface area (Å²) in [6.07, 6.45) is -3.70. The highest BCUT2D eigenvalue weighted by Gasteiger charge is 2.30. The van der Waals surface area contributed by atoms with Gasteiger partial charge in [-0.1, -0.05) is 24.3 Å². The van der Waals surface area contributed by atoms with Gasteiger partial charge < -0.3 is 30.5 Å². The van der Waals surface area contributed by atoms with Crippen molar-refractivity contribution in [1.82, 2.24) is 5.32 Å². The summed E-state index contributed by atoms with van der Waals surface area (Å²) in [6, 6.07) is 12.2. The van der Waals surface area contributed by atoms with Crippen LogP contribution in [0.1, 0.15) is 34.8 Å². The summed E-state index contributed by atoms with van der Waals surface area (Å²) >= 11 is 0. The van der Waals surface area contributed by atoms with E-state index < -0.39 is 25.0 Å². The maximum absolute atomic E-state index is 12.7. The lowest BCUT2D eigenvalue weighted by atomic mass is 9.98. The third-order valence-corrected chi connectivity index (χ3v) is 5.69. The lowest BCUT2D eigenvalue weighted by Crippen LogP contribution is -2.40. The number of hydrogen-bond acceptors (Lipinski definition) is 6. The molecule has 2 aromatic carbocycles. The Bertz CT molecular complexity index is 972. The number of nitrogens with zero attached hydrogens (tertiary/aromatic N) is 1. The van der Waals surface area contributed by atoms with Gasteiger partial charge in [0.15, 0.2) is 0 Å². The molecular formula is C25H32F3N3O4. The molecule has 3 rings (SSSR count). The smallest absolute Gasteiger partial charge is 0.411 e. The van der Waals surface area contributed by atoms with Crippen molar-refractivity contribution in [2.24, 2.45) is 5.73 Å². The van der Waals surface area contributed by atoms with Gasteiger partial charge in [0.1, 0.15) is 12.4 Å². The second-order valence-electron chi connectivity index (χ2n) is 8.63. The van der Waals surface area contributed by atoms with E-state index in [0.717, 1.165) is 29.8 Å². The van der Waals surface area contributed by atoms with Crippen LogP contribution in [0.3, 0.4) is 0 Å². The molecule has 0 radical (unpaired) electrons. The summed E-state index contributed by atoms with van der Waals surface area (Å²) in [5.74, 6) is -0.110. The molecule has 35 heavy (non-hydrogen) atoms. The van der Waals surface area contributed by atoms with Crippen LogP contribution in [0.4, 0.5) is 18.9 Å². The number of primary amides is 1. The van der Waals surface area contributed by atoms with Gasteiger partial charge in [-0.25, -0.2) is 0 Å². The van der Waals surface area contributed by atoms with Crippen molar-refractivity contribution < 1.29 is 32.5 Å². The van der Waals surface area contributed by atoms with E-state index in [2.05, 4.69) is 10.2 Å². The van der Waals surface area contributed by atoms with Gasteiger partial charge in [-0.3, -0.25) is 4.79 Å². The zero-order chi connectivity index (χ0) is 25.4. The predicted molar refractivity (Wildman–Crippen MR) is 127 cm³/mol. The summed E-state index contributed by atoms with van der Waals surface area (Å²) in [4.78, 5) is 14.2. The summed E-state index contributed by atoms with van der Waals surface area (Å²) in [5, 5.41) is 12.3. The number of ether oxygens (including phenoxy) is 2. The first kappa shape index (κ1) is 26.8. The minimum absolute atomic E-state index is 0.0364. The SMILES string of the molecule is C[C@H](Cc1cc2c(c(C(N)=O)c1)N(CCCO)CC2)NCC(OCC(F)(F)F)Oc1ccccc1. The Morgan fingerprint density at radius 3 is 2.66 bits per heavy atom. The number of carbonyl (C=O) groups is 1. The maximum atomic E-state index is 12.7. The average molecular weight is 496 g/mol. The van der Waals surface area contributed by atoms with Crippen LogP contribution in [0.5, 0.6) is 5.75 Å². The lowest BCUT2D eigenvalue weighted by molar-refractivity contribution is -0.209. The number of para-hydroxylation sites is 1. The molecule has 1 heterocycles. The van der Waals surface area contributed by atoms with Gasteiger partial charge in [0, 0.05) is 25.7 Å². The number of hydrogen-bond donors (Lipinski definition) is 3. The molecule has 2 atom stereocenters. The van der Waals surface area contributed by atoms with Gasteiger partial charge in [-0.15, -0.1) is 0 Å². The third kappa shape index (κ3) is 8.12. The van der Waals surface area contributed by atoms with Crippen molar-refractivity contribution in [3.05, 3.63) is 59.2 Å². The van der Waals surface area contributed by atoms with Crippen molar-refractivity contribution in [1.29, 1.82) is 0 Å². The Balaban J connectivity index is 1.65. The number of nitrogens with two attached hydrogens (primary N) is 1. The topological polar surface area (TPSA) is 97.1 Å². The van der Waals surface area contributed by atoms with Gasteiger partial charge in [0.25, 0.3) is 5.91 Å². The number of fused-ring (bicyclic) bond motifs is 1. The molecule has 7 nitrogen and oxygen atoms in total. The van der Waals surface area contributed by atoms with Crippen LogP contribution in [-0.4, -0.2) is 62.4 Å². The largest absolute Gasteiger partial charge is 0.464 e. The molecule has 1 aliphatic rings. The van der Waals surface area contributed by atoms with Crippen LogP contribution in [0.25, 0.3) is 0 Å². The molecule has 0 spiro atoms. The van der Waals surface area contributed by atoms with Crippen molar-refractivity contribution >= 4 is 11.6 Å². The number of anilines is 1. The number of nitrogens with one attached hydrogen (secondary N) is 1. The second-order valence-corrected chi connectivity index (χ2v) is 8.63. The highest BCUT2D eigenvalue weighted by atomic mass is 19.4. The number of alkyl halides is 3. The fraction of sp³-hybridized carbons (Fsp3) is 0.480. The van der Waals surface area contributed by atoms with E-state index >= 15 is 0 Å². The first-order valence-electron chi connectivity index (χ1n) is 11.6. The number of amides is 1. The highest BCUT2D eigenvalue weighted by molar-refractivity contribution is 6.00. The van der Waals surface area contributed by atoms with E-state index in [0.29, 0.717) is 30.7 Å². The van der Waals surface area contributed by atoms with E-state index in [4.69, 9.17) is 20.3 Å². The Labute approximate surface area is 203 Å². The summed E-state index contributed by atoms with van der Waals surface area (Å²) in [6.45, 7) is 1.98. The molecule has 0 fully saturated rings. The normalized spacial score (nSPS) is 15.1. The average Bonchev–Trinajstić information content (AvgIpc) is 3.21. The molecule has 2 aromatic rings. The molecular weight excluding hydrogens is 463 g/mol. The van der Waals surface area contributed by atoms with Crippen LogP contribution < -0.4 is 20.7 Å². The number of benzene rings is 2. The molecule has 1 aliphatic heterocycles. The van der Waals surface area contributed by atoms with Gasteiger partial charge in [-0.2, -0.15) is 13.2 Å². The van der Waals surface area contributed by atoms with Crippen LogP contribution >= 0.6 is 0 Å². The van der Waals surface area contributed by atoms with Crippen molar-refractivity contribution in [2.45, 2.75) is 44.7 Å². The molecule has 0 aromatic heterocycles. The number of aliphatic hydroxyl groups excluding tert-OH is 1. The Hall–Kier alpha value is -2.82. The molecule has 192 valence electrons. The van der Waals surface area contributed by atoms with Crippen LogP contribution in [0.15, 0.2) is 42.5 Å². The number of halogens is 3. The van der Waals surface area contributed by atoms with Crippen molar-refractivity contribution in [3.63, 3.8) is 0 Å². The summed E-state index contributed by atoms with van der Waals surface area (Å²) < 4.78 is 48.7. The number of aliphatic hydroxyl groups is 1. The zero-order valence-electron chi connectivity index (χ0n) is 19.7. The third-order valence-electron chi connectivity index (χ3n) is 5.69. The molecule has 0 bridgehead atoms. The maximum Gasteiger partial charge on any atom is 0.411 e. The van der Waals surface area contributed by atoms with E-state index in [1.165, 1.54) is 0 Å². The first-order valence-corrected chi connectivity index (χ1v) is 11.6.